The number of hydrogen-bond acceptors (Lipinski definition) is 6. The van der Waals surface area contributed by atoms with Crippen molar-refractivity contribution in [3.05, 3.63) is 35.6 Å². The SMILES string of the molecule is Clc1c(Nc2n[nH]c3ccccc23)ncnc1N1CCSCC1. The molecule has 4 rings (SSSR count). The summed E-state index contributed by atoms with van der Waals surface area (Å²) in [6, 6.07) is 7.92. The van der Waals surface area contributed by atoms with Crippen molar-refractivity contribution in [2.24, 2.45) is 0 Å². The molecule has 0 radical (unpaired) electrons. The summed E-state index contributed by atoms with van der Waals surface area (Å²) in [5, 5.41) is 12.0. The number of aromatic amines is 1. The largest absolute Gasteiger partial charge is 0.354 e. The van der Waals surface area contributed by atoms with Crippen LogP contribution in [0.25, 0.3) is 10.9 Å². The highest BCUT2D eigenvalue weighted by Crippen LogP contribution is 2.33. The van der Waals surface area contributed by atoms with Gasteiger partial charge in [-0.15, -0.1) is 0 Å². The van der Waals surface area contributed by atoms with Crippen LogP contribution in [-0.2, 0) is 0 Å². The molecule has 3 aromatic rings. The lowest BCUT2D eigenvalue weighted by Crippen LogP contribution is -2.33. The minimum Gasteiger partial charge on any atom is -0.354 e. The molecule has 23 heavy (non-hydrogen) atoms. The zero-order valence-corrected chi connectivity index (χ0v) is 13.9. The normalized spacial score (nSPS) is 15.1. The van der Waals surface area contributed by atoms with E-state index in [0.717, 1.165) is 41.3 Å². The molecular formula is C15H15ClN6S. The van der Waals surface area contributed by atoms with E-state index >= 15 is 0 Å². The van der Waals surface area contributed by atoms with E-state index in [1.165, 1.54) is 0 Å². The van der Waals surface area contributed by atoms with Crippen molar-refractivity contribution in [1.82, 2.24) is 20.2 Å². The van der Waals surface area contributed by atoms with Crippen LogP contribution < -0.4 is 10.2 Å². The van der Waals surface area contributed by atoms with Crippen molar-refractivity contribution in [3.63, 3.8) is 0 Å². The molecule has 0 amide bonds. The first-order valence-corrected chi connectivity index (χ1v) is 8.89. The van der Waals surface area contributed by atoms with Gasteiger partial charge >= 0.3 is 0 Å². The minimum absolute atomic E-state index is 0.534. The number of nitrogens with zero attached hydrogens (tertiary/aromatic N) is 4. The number of rotatable bonds is 3. The van der Waals surface area contributed by atoms with E-state index in [2.05, 4.69) is 30.4 Å². The maximum absolute atomic E-state index is 6.54. The van der Waals surface area contributed by atoms with Crippen molar-refractivity contribution < 1.29 is 0 Å². The third-order valence-corrected chi connectivity index (χ3v) is 5.08. The van der Waals surface area contributed by atoms with Gasteiger partial charge in [0.2, 0.25) is 0 Å². The van der Waals surface area contributed by atoms with Crippen molar-refractivity contribution in [2.75, 3.05) is 34.8 Å². The van der Waals surface area contributed by atoms with Crippen molar-refractivity contribution in [3.8, 4) is 0 Å². The van der Waals surface area contributed by atoms with E-state index in [4.69, 9.17) is 11.6 Å². The number of para-hydroxylation sites is 1. The number of hydrogen-bond donors (Lipinski definition) is 2. The second-order valence-corrected chi connectivity index (χ2v) is 6.80. The Morgan fingerprint density at radius 3 is 2.83 bits per heavy atom. The quantitative estimate of drug-likeness (QED) is 0.758. The first-order chi connectivity index (χ1) is 11.3. The summed E-state index contributed by atoms with van der Waals surface area (Å²) in [5.74, 6) is 4.25. The van der Waals surface area contributed by atoms with Crippen LogP contribution in [0, 0.1) is 0 Å². The summed E-state index contributed by atoms with van der Waals surface area (Å²) in [6.07, 6.45) is 1.54. The predicted octanol–water partition coefficient (Wildman–Crippen LogP) is 3.30. The summed E-state index contributed by atoms with van der Waals surface area (Å²) in [6.45, 7) is 1.90. The Bertz CT molecular complexity index is 830. The number of thioether (sulfide) groups is 1. The maximum Gasteiger partial charge on any atom is 0.161 e. The molecule has 6 nitrogen and oxygen atoms in total. The zero-order valence-electron chi connectivity index (χ0n) is 12.3. The monoisotopic (exact) mass is 346 g/mol. The molecule has 0 spiro atoms. The third kappa shape index (κ3) is 2.82. The molecule has 3 heterocycles. The highest BCUT2D eigenvalue weighted by atomic mass is 35.5. The molecule has 1 fully saturated rings. The molecule has 0 aliphatic carbocycles. The Balaban J connectivity index is 1.66. The van der Waals surface area contributed by atoms with Crippen molar-refractivity contribution in [1.29, 1.82) is 0 Å². The van der Waals surface area contributed by atoms with Crippen LogP contribution in [0.5, 0.6) is 0 Å². The number of aromatic nitrogens is 4. The Hall–Kier alpha value is -1.99. The summed E-state index contributed by atoms with van der Waals surface area (Å²) < 4.78 is 0. The zero-order chi connectivity index (χ0) is 15.6. The van der Waals surface area contributed by atoms with Gasteiger partial charge in [0, 0.05) is 30.0 Å². The van der Waals surface area contributed by atoms with E-state index in [9.17, 15) is 0 Å². The first-order valence-electron chi connectivity index (χ1n) is 7.36. The van der Waals surface area contributed by atoms with Gasteiger partial charge in [-0.05, 0) is 12.1 Å². The molecular weight excluding hydrogens is 332 g/mol. The average Bonchev–Trinajstić information content (AvgIpc) is 3.01. The molecule has 118 valence electrons. The fraction of sp³-hybridized carbons (Fsp3) is 0.267. The number of benzene rings is 1. The molecule has 2 N–H and O–H groups in total. The lowest BCUT2D eigenvalue weighted by Gasteiger charge is -2.28. The fourth-order valence-corrected chi connectivity index (χ4v) is 3.78. The van der Waals surface area contributed by atoms with Gasteiger partial charge in [0.05, 0.1) is 5.52 Å². The molecule has 0 bridgehead atoms. The molecule has 0 saturated carbocycles. The van der Waals surface area contributed by atoms with Gasteiger partial charge in [0.25, 0.3) is 0 Å². The summed E-state index contributed by atoms with van der Waals surface area (Å²) >= 11 is 8.49. The first kappa shape index (κ1) is 14.6. The Morgan fingerprint density at radius 2 is 1.96 bits per heavy atom. The number of nitrogens with one attached hydrogen (secondary N) is 2. The highest BCUT2D eigenvalue weighted by molar-refractivity contribution is 7.99. The number of anilines is 3. The predicted molar refractivity (Wildman–Crippen MR) is 96.0 cm³/mol. The van der Waals surface area contributed by atoms with E-state index in [-0.39, 0.29) is 0 Å². The van der Waals surface area contributed by atoms with Gasteiger partial charge in [-0.3, -0.25) is 5.10 Å². The Morgan fingerprint density at radius 1 is 1.13 bits per heavy atom. The fourth-order valence-electron chi connectivity index (χ4n) is 2.61. The van der Waals surface area contributed by atoms with Gasteiger partial charge in [0.15, 0.2) is 17.5 Å². The van der Waals surface area contributed by atoms with Crippen LogP contribution in [0.15, 0.2) is 30.6 Å². The highest BCUT2D eigenvalue weighted by Gasteiger charge is 2.19. The van der Waals surface area contributed by atoms with Crippen LogP contribution >= 0.6 is 23.4 Å². The molecule has 1 aliphatic rings. The van der Waals surface area contributed by atoms with Gasteiger partial charge in [0.1, 0.15) is 11.3 Å². The van der Waals surface area contributed by atoms with Gasteiger partial charge < -0.3 is 10.2 Å². The lowest BCUT2D eigenvalue weighted by molar-refractivity contribution is 0.835. The van der Waals surface area contributed by atoms with Crippen LogP contribution in [0.1, 0.15) is 0 Å². The Labute approximate surface area is 142 Å². The van der Waals surface area contributed by atoms with E-state index in [1.807, 2.05) is 36.0 Å². The van der Waals surface area contributed by atoms with Gasteiger partial charge in [-0.1, -0.05) is 23.7 Å². The second-order valence-electron chi connectivity index (χ2n) is 5.20. The molecule has 8 heteroatoms. The smallest absolute Gasteiger partial charge is 0.161 e. The molecule has 0 atom stereocenters. The molecule has 1 aliphatic heterocycles. The number of fused-ring (bicyclic) bond motifs is 1. The van der Waals surface area contributed by atoms with E-state index < -0.39 is 0 Å². The Kier molecular flexibility index (Phi) is 3.97. The van der Waals surface area contributed by atoms with Gasteiger partial charge in [-0.25, -0.2) is 9.97 Å². The summed E-state index contributed by atoms with van der Waals surface area (Å²) in [5.41, 5.74) is 0.966. The minimum atomic E-state index is 0.534. The summed E-state index contributed by atoms with van der Waals surface area (Å²) in [7, 11) is 0. The van der Waals surface area contributed by atoms with Crippen LogP contribution in [-0.4, -0.2) is 44.8 Å². The lowest BCUT2D eigenvalue weighted by atomic mass is 10.2. The van der Waals surface area contributed by atoms with Crippen LogP contribution in [0.3, 0.4) is 0 Å². The van der Waals surface area contributed by atoms with Crippen LogP contribution in [0.4, 0.5) is 17.5 Å². The van der Waals surface area contributed by atoms with E-state index in [0.29, 0.717) is 16.7 Å². The molecule has 1 saturated heterocycles. The maximum atomic E-state index is 6.54. The topological polar surface area (TPSA) is 69.7 Å². The van der Waals surface area contributed by atoms with Crippen LogP contribution in [0.2, 0.25) is 5.02 Å². The number of H-pyrrole nitrogens is 1. The third-order valence-electron chi connectivity index (χ3n) is 3.79. The van der Waals surface area contributed by atoms with E-state index in [1.54, 1.807) is 6.33 Å². The molecule has 2 aromatic heterocycles. The standard InChI is InChI=1S/C15H15ClN6S/c16-12-14(17-9-18-15(12)22-5-7-23-8-6-22)19-13-10-3-1-2-4-11(10)20-21-13/h1-4,9H,5-8H2,(H2,17,18,19,20,21). The molecule has 1 aromatic carbocycles. The van der Waals surface area contributed by atoms with Crippen molar-refractivity contribution in [2.45, 2.75) is 0 Å². The number of halogens is 1. The second kappa shape index (κ2) is 6.25. The average molecular weight is 347 g/mol. The van der Waals surface area contributed by atoms with Crippen molar-refractivity contribution >= 4 is 51.7 Å². The summed E-state index contributed by atoms with van der Waals surface area (Å²) in [4.78, 5) is 10.8. The van der Waals surface area contributed by atoms with Gasteiger partial charge in [-0.2, -0.15) is 16.9 Å². The molecule has 0 unspecified atom stereocenters.